The molecule has 0 radical (unpaired) electrons. The van der Waals surface area contributed by atoms with Crippen LogP contribution < -0.4 is 0 Å². The van der Waals surface area contributed by atoms with Crippen molar-refractivity contribution < 1.29 is 24.5 Å². The fourth-order valence-electron chi connectivity index (χ4n) is 6.70. The third-order valence-electron chi connectivity index (χ3n) is 8.70. The Morgan fingerprint density at radius 3 is 2.59 bits per heavy atom. The summed E-state index contributed by atoms with van der Waals surface area (Å²) in [6, 6.07) is 0. The van der Waals surface area contributed by atoms with Crippen LogP contribution in [-0.2, 0) is 14.3 Å². The highest BCUT2D eigenvalue weighted by molar-refractivity contribution is 5.85. The maximum absolute atomic E-state index is 13.1. The Kier molecular flexibility index (Phi) is 5.09. The Balaban J connectivity index is 2.21. The molecule has 0 heterocycles. The van der Waals surface area contributed by atoms with Gasteiger partial charge in [-0.05, 0) is 42.9 Å². The van der Waals surface area contributed by atoms with E-state index in [2.05, 4.69) is 27.4 Å². The highest BCUT2D eigenvalue weighted by Crippen LogP contribution is 2.67. The third-order valence-corrected chi connectivity index (χ3v) is 8.70. The normalized spacial score (nSPS) is 49.7. The van der Waals surface area contributed by atoms with Gasteiger partial charge in [0.25, 0.3) is 0 Å². The number of rotatable bonds is 3. The zero-order valence-electron chi connectivity index (χ0n) is 17.0. The van der Waals surface area contributed by atoms with Crippen LogP contribution in [0.3, 0.4) is 0 Å². The smallest absolute Gasteiger partial charge is 0.332 e. The van der Waals surface area contributed by atoms with Crippen LogP contribution in [0, 0.1) is 34.0 Å². The lowest BCUT2D eigenvalue weighted by atomic mass is 9.44. The molecule has 0 saturated heterocycles. The van der Waals surface area contributed by atoms with Crippen LogP contribution in [0.15, 0.2) is 12.7 Å². The molecular weight excluding hydrogens is 344 g/mol. The first-order valence-corrected chi connectivity index (χ1v) is 10.2. The molecule has 3 aliphatic rings. The number of esters is 1. The van der Waals surface area contributed by atoms with E-state index in [9.17, 15) is 19.8 Å². The van der Waals surface area contributed by atoms with Gasteiger partial charge in [-0.15, -0.1) is 6.58 Å². The molecule has 3 aliphatic carbocycles. The van der Waals surface area contributed by atoms with Crippen molar-refractivity contribution in [1.29, 1.82) is 0 Å². The zero-order valence-corrected chi connectivity index (χ0v) is 17.0. The Morgan fingerprint density at radius 1 is 1.33 bits per heavy atom. The van der Waals surface area contributed by atoms with Gasteiger partial charge in [0.1, 0.15) is 18.5 Å². The molecule has 3 rings (SSSR count). The van der Waals surface area contributed by atoms with E-state index < -0.39 is 35.6 Å². The van der Waals surface area contributed by atoms with E-state index >= 15 is 0 Å². The molecule has 3 saturated carbocycles. The van der Waals surface area contributed by atoms with Crippen molar-refractivity contribution in [2.45, 2.75) is 72.0 Å². The molecule has 5 nitrogen and oxygen atoms in total. The molecule has 5 unspecified atom stereocenters. The molecule has 2 bridgehead atoms. The number of aliphatic hydroxyl groups is 2. The molecule has 0 aromatic rings. The van der Waals surface area contributed by atoms with E-state index in [0.29, 0.717) is 12.8 Å². The molecule has 27 heavy (non-hydrogen) atoms. The summed E-state index contributed by atoms with van der Waals surface area (Å²) in [6.45, 7) is 11.5. The molecule has 0 spiro atoms. The van der Waals surface area contributed by atoms with Crippen molar-refractivity contribution in [3.8, 4) is 0 Å². The van der Waals surface area contributed by atoms with E-state index in [0.717, 1.165) is 19.3 Å². The zero-order chi connectivity index (χ0) is 20.2. The van der Waals surface area contributed by atoms with Gasteiger partial charge >= 0.3 is 5.97 Å². The van der Waals surface area contributed by atoms with Gasteiger partial charge in [0.15, 0.2) is 0 Å². The van der Waals surface area contributed by atoms with Gasteiger partial charge in [0, 0.05) is 23.2 Å². The molecule has 0 aliphatic heterocycles. The first-order chi connectivity index (χ1) is 12.6. The lowest BCUT2D eigenvalue weighted by molar-refractivity contribution is -0.207. The minimum atomic E-state index is -0.686. The average Bonchev–Trinajstić information content (AvgIpc) is 3.00. The van der Waals surface area contributed by atoms with Crippen LogP contribution in [-0.4, -0.2) is 40.8 Å². The standard InChI is InChI=1S/C22H34O5/c1-6-20(4)11-16(27-17(25)12-23)21(5)13(2)7-9-22(14(3)19(20)26)10-8-15(24)18(21)22/h6,13-14,16,18-19,23,26H,1,7-12H2,2-5H3/t13?,14-,16+,18?,19?,20+,21?,22?/m0/s1. The number of ether oxygens (including phenoxy) is 1. The second-order valence-electron chi connectivity index (χ2n) is 9.72. The number of aliphatic hydroxyl groups excluding tert-OH is 2. The maximum Gasteiger partial charge on any atom is 0.332 e. The Morgan fingerprint density at radius 2 is 2.00 bits per heavy atom. The molecular formula is C22H34O5. The van der Waals surface area contributed by atoms with Crippen LogP contribution in [0.5, 0.6) is 0 Å². The van der Waals surface area contributed by atoms with Crippen LogP contribution in [0.4, 0.5) is 0 Å². The van der Waals surface area contributed by atoms with Crippen molar-refractivity contribution in [3.05, 3.63) is 12.7 Å². The second kappa shape index (κ2) is 6.70. The first kappa shape index (κ1) is 20.5. The second-order valence-corrected chi connectivity index (χ2v) is 9.72. The minimum Gasteiger partial charge on any atom is -0.460 e. The topological polar surface area (TPSA) is 83.8 Å². The fourth-order valence-corrected chi connectivity index (χ4v) is 6.70. The van der Waals surface area contributed by atoms with Crippen molar-refractivity contribution in [3.63, 3.8) is 0 Å². The summed E-state index contributed by atoms with van der Waals surface area (Å²) in [6.07, 6.45) is 4.10. The molecule has 0 aromatic carbocycles. The summed E-state index contributed by atoms with van der Waals surface area (Å²) < 4.78 is 5.77. The monoisotopic (exact) mass is 378 g/mol. The Hall–Kier alpha value is -1.20. The van der Waals surface area contributed by atoms with Gasteiger partial charge in [-0.3, -0.25) is 4.79 Å². The highest BCUT2D eigenvalue weighted by Gasteiger charge is 2.68. The van der Waals surface area contributed by atoms with Crippen molar-refractivity contribution in [2.24, 2.45) is 34.0 Å². The number of hydrogen-bond donors (Lipinski definition) is 2. The number of carbonyl (C=O) groups excluding carboxylic acids is 2. The van der Waals surface area contributed by atoms with Crippen LogP contribution in [0.25, 0.3) is 0 Å². The van der Waals surface area contributed by atoms with Crippen molar-refractivity contribution >= 4 is 11.8 Å². The molecule has 0 amide bonds. The molecule has 3 fully saturated rings. The lowest BCUT2D eigenvalue weighted by Gasteiger charge is -2.61. The van der Waals surface area contributed by atoms with Crippen LogP contribution >= 0.6 is 0 Å². The van der Waals surface area contributed by atoms with Gasteiger partial charge in [0.2, 0.25) is 0 Å². The summed E-state index contributed by atoms with van der Waals surface area (Å²) in [5.41, 5.74) is -1.43. The molecule has 5 heteroatoms. The largest absolute Gasteiger partial charge is 0.460 e. The van der Waals surface area contributed by atoms with Gasteiger partial charge < -0.3 is 14.9 Å². The number of Topliss-reactive ketones (excluding diaryl/α,β-unsaturated/α-hetero) is 1. The summed E-state index contributed by atoms with van der Waals surface area (Å²) in [7, 11) is 0. The van der Waals surface area contributed by atoms with Crippen molar-refractivity contribution in [1.82, 2.24) is 0 Å². The number of ketones is 1. The van der Waals surface area contributed by atoms with Crippen molar-refractivity contribution in [2.75, 3.05) is 6.61 Å². The third kappa shape index (κ3) is 2.72. The summed E-state index contributed by atoms with van der Waals surface area (Å²) >= 11 is 0. The summed E-state index contributed by atoms with van der Waals surface area (Å²) in [5, 5.41) is 20.6. The minimum absolute atomic E-state index is 0.0433. The van der Waals surface area contributed by atoms with Crippen LogP contribution in [0.1, 0.15) is 59.8 Å². The van der Waals surface area contributed by atoms with Gasteiger partial charge in [-0.1, -0.05) is 33.8 Å². The SMILES string of the molecule is C=C[C@]1(C)C[C@@H](OC(=O)CO)C2(C)C(C)CCC3(CCC(=O)C32)[C@@H](C)C1O. The van der Waals surface area contributed by atoms with E-state index in [1.54, 1.807) is 6.08 Å². The van der Waals surface area contributed by atoms with E-state index in [4.69, 9.17) is 4.74 Å². The summed E-state index contributed by atoms with van der Waals surface area (Å²) in [4.78, 5) is 25.2. The highest BCUT2D eigenvalue weighted by atomic mass is 16.6. The average molecular weight is 379 g/mol. The number of carbonyl (C=O) groups is 2. The quantitative estimate of drug-likeness (QED) is 0.583. The van der Waals surface area contributed by atoms with E-state index in [-0.39, 0.29) is 29.0 Å². The summed E-state index contributed by atoms with van der Waals surface area (Å²) in [5.74, 6) is -0.520. The Labute approximate surface area is 162 Å². The van der Waals surface area contributed by atoms with Gasteiger partial charge in [-0.2, -0.15) is 0 Å². The molecule has 152 valence electrons. The first-order valence-electron chi connectivity index (χ1n) is 10.2. The predicted octanol–water partition coefficient (Wildman–Crippen LogP) is 2.89. The Bertz CT molecular complexity index is 645. The number of hydrogen-bond acceptors (Lipinski definition) is 5. The fraction of sp³-hybridized carbons (Fsp3) is 0.818. The van der Waals surface area contributed by atoms with Gasteiger partial charge in [0.05, 0.1) is 6.10 Å². The maximum atomic E-state index is 13.1. The van der Waals surface area contributed by atoms with E-state index in [1.165, 1.54) is 0 Å². The predicted molar refractivity (Wildman–Crippen MR) is 102 cm³/mol. The molecule has 2 N–H and O–H groups in total. The van der Waals surface area contributed by atoms with Gasteiger partial charge in [-0.25, -0.2) is 4.79 Å². The molecule has 8 atom stereocenters. The van der Waals surface area contributed by atoms with E-state index in [1.807, 2.05) is 6.92 Å². The lowest BCUT2D eigenvalue weighted by Crippen LogP contribution is -2.63. The molecule has 0 aromatic heterocycles. The van der Waals surface area contributed by atoms with Crippen LogP contribution in [0.2, 0.25) is 0 Å².